The van der Waals surface area contributed by atoms with Crippen molar-refractivity contribution in [3.05, 3.63) is 82.2 Å². The van der Waals surface area contributed by atoms with E-state index in [0.29, 0.717) is 29.8 Å². The Hall–Kier alpha value is -4.07. The molecule has 2 aromatic carbocycles. The zero-order chi connectivity index (χ0) is 25.6. The van der Waals surface area contributed by atoms with Crippen LogP contribution in [0.15, 0.2) is 48.5 Å². The third kappa shape index (κ3) is 3.82. The van der Waals surface area contributed by atoms with Crippen molar-refractivity contribution in [3.8, 4) is 11.5 Å². The first-order valence-corrected chi connectivity index (χ1v) is 12.0. The van der Waals surface area contributed by atoms with Crippen LogP contribution >= 0.6 is 0 Å². The number of nitrogens with zero attached hydrogens (tertiary/aromatic N) is 2. The summed E-state index contributed by atoms with van der Waals surface area (Å²) >= 11 is 0. The number of imide groups is 1. The lowest BCUT2D eigenvalue weighted by Crippen LogP contribution is -2.43. The third-order valence-electron chi connectivity index (χ3n) is 7.20. The first-order valence-electron chi connectivity index (χ1n) is 12.0. The number of urea groups is 1. The Morgan fingerprint density at radius 3 is 2.44 bits per heavy atom. The lowest BCUT2D eigenvalue weighted by molar-refractivity contribution is -0.131. The smallest absolute Gasteiger partial charge is 0.325 e. The number of ketones is 1. The summed E-state index contributed by atoms with van der Waals surface area (Å²) in [6.07, 6.45) is 0.384. The molecule has 0 radical (unpaired) electrons. The molecule has 1 aromatic heterocycles. The van der Waals surface area contributed by atoms with Gasteiger partial charge < -0.3 is 19.4 Å². The molecule has 186 valence electrons. The van der Waals surface area contributed by atoms with Gasteiger partial charge in [-0.15, -0.1) is 0 Å². The maximum absolute atomic E-state index is 13.5. The van der Waals surface area contributed by atoms with Gasteiger partial charge in [0.05, 0.1) is 6.54 Å². The Kier molecular flexibility index (Phi) is 5.82. The highest BCUT2D eigenvalue weighted by Crippen LogP contribution is 2.34. The molecule has 0 aliphatic carbocycles. The van der Waals surface area contributed by atoms with Crippen LogP contribution in [-0.4, -0.2) is 40.5 Å². The van der Waals surface area contributed by atoms with Gasteiger partial charge in [-0.25, -0.2) is 4.79 Å². The van der Waals surface area contributed by atoms with Gasteiger partial charge in [0.1, 0.15) is 5.54 Å². The van der Waals surface area contributed by atoms with E-state index >= 15 is 0 Å². The van der Waals surface area contributed by atoms with Crippen LogP contribution in [0.3, 0.4) is 0 Å². The van der Waals surface area contributed by atoms with Crippen molar-refractivity contribution in [2.45, 2.75) is 46.2 Å². The molecule has 8 nitrogen and oxygen atoms in total. The molecule has 0 bridgehead atoms. The van der Waals surface area contributed by atoms with E-state index < -0.39 is 17.5 Å². The summed E-state index contributed by atoms with van der Waals surface area (Å²) in [6, 6.07) is 14.6. The number of aryl methyl sites for hydroxylation is 2. The average Bonchev–Trinajstić information content (AvgIpc) is 3.51. The van der Waals surface area contributed by atoms with Gasteiger partial charge in [-0.2, -0.15) is 0 Å². The molecular weight excluding hydrogens is 458 g/mol. The summed E-state index contributed by atoms with van der Waals surface area (Å²) in [5.41, 5.74) is 3.81. The van der Waals surface area contributed by atoms with Crippen LogP contribution in [0, 0.1) is 20.8 Å². The number of ether oxygens (including phenoxy) is 2. The molecule has 3 amide bonds. The van der Waals surface area contributed by atoms with E-state index in [1.165, 1.54) is 0 Å². The van der Waals surface area contributed by atoms with Crippen molar-refractivity contribution in [1.82, 2.24) is 14.8 Å². The molecule has 5 rings (SSSR count). The van der Waals surface area contributed by atoms with Crippen LogP contribution in [0.4, 0.5) is 4.79 Å². The van der Waals surface area contributed by atoms with Gasteiger partial charge in [0.2, 0.25) is 6.79 Å². The number of aromatic nitrogens is 1. The van der Waals surface area contributed by atoms with E-state index in [1.807, 2.05) is 80.8 Å². The first kappa shape index (κ1) is 23.7. The number of Topliss-reactive ketones (excluding diaryl/α,β-unsaturated/α-hetero) is 1. The van der Waals surface area contributed by atoms with Gasteiger partial charge in [-0.1, -0.05) is 42.8 Å². The fraction of sp³-hybridized carbons (Fsp3) is 0.321. The fourth-order valence-electron chi connectivity index (χ4n) is 5.02. The van der Waals surface area contributed by atoms with Gasteiger partial charge in [0, 0.05) is 23.5 Å². The summed E-state index contributed by atoms with van der Waals surface area (Å²) in [5.74, 6) is 0.747. The molecule has 8 heteroatoms. The number of hydrogen-bond donors (Lipinski definition) is 1. The zero-order valence-electron chi connectivity index (χ0n) is 20.9. The van der Waals surface area contributed by atoms with Crippen molar-refractivity contribution in [2.75, 3.05) is 13.3 Å². The van der Waals surface area contributed by atoms with Crippen LogP contribution in [0.2, 0.25) is 0 Å². The maximum atomic E-state index is 13.5. The SMILES string of the molecule is CC[C@@]1(c2ccc(C)cc2)NC(=O)N(CC(=O)c2cc(C)n(Cc3ccc4c(c3)OCO4)c2C)C1=O. The lowest BCUT2D eigenvalue weighted by Gasteiger charge is -2.25. The zero-order valence-corrected chi connectivity index (χ0v) is 20.9. The van der Waals surface area contributed by atoms with E-state index in [1.54, 1.807) is 0 Å². The summed E-state index contributed by atoms with van der Waals surface area (Å²) in [4.78, 5) is 40.7. The van der Waals surface area contributed by atoms with Crippen LogP contribution in [0.1, 0.15) is 51.8 Å². The molecule has 2 aliphatic heterocycles. The summed E-state index contributed by atoms with van der Waals surface area (Å²) in [5, 5.41) is 2.85. The van der Waals surface area contributed by atoms with Crippen molar-refractivity contribution >= 4 is 17.7 Å². The second-order valence-corrected chi connectivity index (χ2v) is 9.43. The number of carbonyl (C=O) groups excluding carboxylic acids is 3. The Labute approximate surface area is 209 Å². The number of nitrogens with one attached hydrogen (secondary N) is 1. The van der Waals surface area contributed by atoms with Crippen molar-refractivity contribution in [1.29, 1.82) is 0 Å². The lowest BCUT2D eigenvalue weighted by atomic mass is 9.86. The molecule has 0 spiro atoms. The molecule has 0 saturated carbocycles. The number of amides is 3. The van der Waals surface area contributed by atoms with E-state index in [-0.39, 0.29) is 19.1 Å². The van der Waals surface area contributed by atoms with Crippen molar-refractivity contribution < 1.29 is 23.9 Å². The normalized spacial score (nSPS) is 18.6. The molecular formula is C28H29N3O5. The first-order chi connectivity index (χ1) is 17.2. The minimum Gasteiger partial charge on any atom is -0.454 e. The number of carbonyl (C=O) groups is 3. The van der Waals surface area contributed by atoms with Crippen molar-refractivity contribution in [2.24, 2.45) is 0 Å². The number of benzene rings is 2. The Morgan fingerprint density at radius 2 is 1.72 bits per heavy atom. The van der Waals surface area contributed by atoms with Crippen LogP contribution < -0.4 is 14.8 Å². The number of hydrogen-bond acceptors (Lipinski definition) is 5. The predicted molar refractivity (Wildman–Crippen MR) is 133 cm³/mol. The van der Waals surface area contributed by atoms with Crippen LogP contribution in [0.5, 0.6) is 11.5 Å². The summed E-state index contributed by atoms with van der Waals surface area (Å²) in [6.45, 7) is 8.08. The predicted octanol–water partition coefficient (Wildman–Crippen LogP) is 4.23. The number of fused-ring (bicyclic) bond motifs is 1. The quantitative estimate of drug-likeness (QED) is 0.398. The highest BCUT2D eigenvalue weighted by atomic mass is 16.7. The van der Waals surface area contributed by atoms with Gasteiger partial charge >= 0.3 is 6.03 Å². The highest BCUT2D eigenvalue weighted by molar-refractivity contribution is 6.11. The molecule has 0 unspecified atom stereocenters. The molecule has 3 heterocycles. The monoisotopic (exact) mass is 487 g/mol. The van der Waals surface area contributed by atoms with Gasteiger partial charge in [0.15, 0.2) is 17.3 Å². The Morgan fingerprint density at radius 1 is 1.00 bits per heavy atom. The highest BCUT2D eigenvalue weighted by Gasteiger charge is 2.51. The Bertz CT molecular complexity index is 1370. The second kappa shape index (κ2) is 8.86. The molecule has 3 aromatic rings. The maximum Gasteiger partial charge on any atom is 0.325 e. The van der Waals surface area contributed by atoms with Gasteiger partial charge in [-0.05, 0) is 56.5 Å². The number of rotatable bonds is 7. The molecule has 1 atom stereocenters. The largest absolute Gasteiger partial charge is 0.454 e. The minimum atomic E-state index is -1.17. The van der Waals surface area contributed by atoms with Crippen LogP contribution in [0.25, 0.3) is 0 Å². The molecule has 36 heavy (non-hydrogen) atoms. The van der Waals surface area contributed by atoms with E-state index in [9.17, 15) is 14.4 Å². The van der Waals surface area contributed by atoms with Crippen molar-refractivity contribution in [3.63, 3.8) is 0 Å². The fourth-order valence-corrected chi connectivity index (χ4v) is 5.02. The third-order valence-corrected chi connectivity index (χ3v) is 7.20. The van der Waals surface area contributed by atoms with Crippen LogP contribution in [-0.2, 0) is 16.9 Å². The standard InChI is InChI=1S/C28H29N3O5/c1-5-28(21-9-6-17(2)7-10-21)26(33)31(27(34)29-28)15-23(32)22-12-18(3)30(19(22)4)14-20-8-11-24-25(13-20)36-16-35-24/h6-13H,5,14-16H2,1-4H3,(H,29,34)/t28-/m0/s1. The topological polar surface area (TPSA) is 89.9 Å². The average molecular weight is 488 g/mol. The summed E-state index contributed by atoms with van der Waals surface area (Å²) < 4.78 is 12.9. The molecule has 1 saturated heterocycles. The minimum absolute atomic E-state index is 0.213. The molecule has 1 N–H and O–H groups in total. The second-order valence-electron chi connectivity index (χ2n) is 9.43. The molecule has 2 aliphatic rings. The van der Waals surface area contributed by atoms with E-state index in [4.69, 9.17) is 9.47 Å². The van der Waals surface area contributed by atoms with E-state index in [0.717, 1.165) is 33.2 Å². The molecule has 1 fully saturated rings. The van der Waals surface area contributed by atoms with Gasteiger partial charge in [-0.3, -0.25) is 14.5 Å². The van der Waals surface area contributed by atoms with Gasteiger partial charge in [0.25, 0.3) is 5.91 Å². The Balaban J connectivity index is 1.37. The van der Waals surface area contributed by atoms with E-state index in [2.05, 4.69) is 5.32 Å². The summed E-state index contributed by atoms with van der Waals surface area (Å²) in [7, 11) is 0.